The van der Waals surface area contributed by atoms with Gasteiger partial charge in [-0.1, -0.05) is 42.5 Å². The van der Waals surface area contributed by atoms with Crippen LogP contribution in [0.2, 0.25) is 0 Å². The topological polar surface area (TPSA) is 113 Å². The maximum Gasteiger partial charge on any atom is 0.329 e. The highest BCUT2D eigenvalue weighted by molar-refractivity contribution is 5.73. The standard InChI is InChI=1S/C24H27NO8/c1-14-7-6-10-17(11-14)31-24-20(25-15(2)26)22(29-13-19(27)28)21-18(32-24)12-30-23(33-21)16-8-4-3-5-9-16/h3-11,18,20-24H,12-13H2,1-2H3,(H,25,26)(H,27,28). The van der Waals surface area contributed by atoms with Crippen molar-refractivity contribution in [3.8, 4) is 5.75 Å². The summed E-state index contributed by atoms with van der Waals surface area (Å²) in [6, 6.07) is 15.9. The molecule has 2 aliphatic heterocycles. The highest BCUT2D eigenvalue weighted by Crippen LogP contribution is 2.36. The van der Waals surface area contributed by atoms with Crippen molar-refractivity contribution in [1.82, 2.24) is 5.32 Å². The first-order valence-corrected chi connectivity index (χ1v) is 10.7. The van der Waals surface area contributed by atoms with E-state index in [1.807, 2.05) is 55.5 Å². The minimum absolute atomic E-state index is 0.178. The Bertz CT molecular complexity index is 968. The zero-order valence-electron chi connectivity index (χ0n) is 18.4. The average Bonchev–Trinajstić information content (AvgIpc) is 2.78. The van der Waals surface area contributed by atoms with Crippen LogP contribution < -0.4 is 10.1 Å². The second-order valence-corrected chi connectivity index (χ2v) is 8.05. The fourth-order valence-corrected chi connectivity index (χ4v) is 4.03. The number of aliphatic carboxylic acids is 1. The van der Waals surface area contributed by atoms with Crippen molar-refractivity contribution < 1.29 is 38.4 Å². The number of ether oxygens (including phenoxy) is 5. The zero-order chi connectivity index (χ0) is 23.4. The van der Waals surface area contributed by atoms with Crippen molar-refractivity contribution >= 4 is 11.9 Å². The molecular formula is C24H27NO8. The number of carboxylic acids is 1. The SMILES string of the molecule is CC(=O)NC1C(Oc2cccc(C)c2)OC2COC(c3ccccc3)OC2C1OCC(=O)O. The zero-order valence-corrected chi connectivity index (χ0v) is 18.4. The van der Waals surface area contributed by atoms with Gasteiger partial charge in [-0.25, -0.2) is 4.79 Å². The van der Waals surface area contributed by atoms with Crippen molar-refractivity contribution in [2.45, 2.75) is 50.8 Å². The molecule has 6 unspecified atom stereocenters. The van der Waals surface area contributed by atoms with Crippen LogP contribution in [0.5, 0.6) is 5.75 Å². The van der Waals surface area contributed by atoms with Gasteiger partial charge in [0.1, 0.15) is 36.7 Å². The molecule has 2 aliphatic rings. The van der Waals surface area contributed by atoms with E-state index in [0.717, 1.165) is 11.1 Å². The molecule has 0 spiro atoms. The van der Waals surface area contributed by atoms with Crippen molar-refractivity contribution in [3.05, 3.63) is 65.7 Å². The number of carbonyl (C=O) groups excluding carboxylic acids is 1. The highest BCUT2D eigenvalue weighted by atomic mass is 16.8. The number of hydrogen-bond donors (Lipinski definition) is 2. The fraction of sp³-hybridized carbons (Fsp3) is 0.417. The number of benzene rings is 2. The summed E-state index contributed by atoms with van der Waals surface area (Å²) in [6.07, 6.45) is -3.77. The molecule has 2 fully saturated rings. The first-order valence-electron chi connectivity index (χ1n) is 10.7. The van der Waals surface area contributed by atoms with Crippen LogP contribution in [-0.4, -0.2) is 60.8 Å². The van der Waals surface area contributed by atoms with Gasteiger partial charge in [0.05, 0.1) is 6.61 Å². The second kappa shape index (κ2) is 10.3. The summed E-state index contributed by atoms with van der Waals surface area (Å²) in [5.74, 6) is -0.927. The number of carboxylic acid groups (broad SMARTS) is 1. The Hall–Kier alpha value is -2.98. The predicted molar refractivity (Wildman–Crippen MR) is 115 cm³/mol. The second-order valence-electron chi connectivity index (χ2n) is 8.05. The highest BCUT2D eigenvalue weighted by Gasteiger charge is 2.52. The van der Waals surface area contributed by atoms with Crippen LogP contribution in [0.15, 0.2) is 54.6 Å². The Kier molecular flexibility index (Phi) is 7.24. The molecule has 9 nitrogen and oxygen atoms in total. The van der Waals surface area contributed by atoms with Gasteiger partial charge >= 0.3 is 5.97 Å². The van der Waals surface area contributed by atoms with E-state index in [1.165, 1.54) is 6.92 Å². The van der Waals surface area contributed by atoms with Crippen molar-refractivity contribution in [2.75, 3.05) is 13.2 Å². The van der Waals surface area contributed by atoms with Gasteiger partial charge in [-0.05, 0) is 24.6 Å². The van der Waals surface area contributed by atoms with Gasteiger partial charge < -0.3 is 34.1 Å². The molecule has 0 radical (unpaired) electrons. The smallest absolute Gasteiger partial charge is 0.329 e. The van der Waals surface area contributed by atoms with E-state index in [0.29, 0.717) is 5.75 Å². The minimum Gasteiger partial charge on any atom is -0.480 e. The molecule has 4 rings (SSSR count). The van der Waals surface area contributed by atoms with Crippen LogP contribution in [-0.2, 0) is 28.5 Å². The van der Waals surface area contributed by atoms with Gasteiger partial charge in [-0.3, -0.25) is 4.79 Å². The minimum atomic E-state index is -1.14. The Labute approximate surface area is 191 Å². The molecule has 2 aromatic rings. The summed E-state index contributed by atoms with van der Waals surface area (Å²) >= 11 is 0. The quantitative estimate of drug-likeness (QED) is 0.651. The molecule has 0 saturated carbocycles. The van der Waals surface area contributed by atoms with E-state index in [2.05, 4.69) is 5.32 Å². The van der Waals surface area contributed by atoms with Crippen LogP contribution in [0.25, 0.3) is 0 Å². The summed E-state index contributed by atoms with van der Waals surface area (Å²) < 4.78 is 30.0. The Morgan fingerprint density at radius 1 is 1.12 bits per heavy atom. The Morgan fingerprint density at radius 2 is 1.91 bits per heavy atom. The van der Waals surface area contributed by atoms with E-state index in [4.69, 9.17) is 23.7 Å². The third kappa shape index (κ3) is 5.69. The Balaban J connectivity index is 1.62. The number of carbonyl (C=O) groups is 2. The van der Waals surface area contributed by atoms with Gasteiger partial charge in [-0.15, -0.1) is 0 Å². The fourth-order valence-electron chi connectivity index (χ4n) is 4.03. The van der Waals surface area contributed by atoms with Gasteiger partial charge in [0.2, 0.25) is 12.2 Å². The van der Waals surface area contributed by atoms with E-state index >= 15 is 0 Å². The summed E-state index contributed by atoms with van der Waals surface area (Å²) in [5.41, 5.74) is 1.80. The molecule has 9 heteroatoms. The van der Waals surface area contributed by atoms with Gasteiger partial charge in [-0.2, -0.15) is 0 Å². The van der Waals surface area contributed by atoms with Crippen LogP contribution in [0.1, 0.15) is 24.3 Å². The monoisotopic (exact) mass is 457 g/mol. The van der Waals surface area contributed by atoms with Gasteiger partial charge in [0, 0.05) is 12.5 Å². The molecule has 0 aliphatic carbocycles. The normalized spacial score (nSPS) is 29.0. The van der Waals surface area contributed by atoms with E-state index in [1.54, 1.807) is 6.07 Å². The van der Waals surface area contributed by atoms with Crippen LogP contribution in [0.3, 0.4) is 0 Å². The molecule has 1 amide bonds. The summed E-state index contributed by atoms with van der Waals surface area (Å²) in [7, 11) is 0. The maximum absolute atomic E-state index is 12.0. The summed E-state index contributed by atoms with van der Waals surface area (Å²) in [5, 5.41) is 12.0. The molecule has 2 aromatic carbocycles. The first-order chi connectivity index (χ1) is 15.9. The number of fused-ring (bicyclic) bond motifs is 1. The van der Waals surface area contributed by atoms with Crippen molar-refractivity contribution in [1.29, 1.82) is 0 Å². The van der Waals surface area contributed by atoms with E-state index in [-0.39, 0.29) is 12.5 Å². The number of aryl methyl sites for hydroxylation is 1. The third-order valence-electron chi connectivity index (χ3n) is 5.42. The molecule has 2 saturated heterocycles. The van der Waals surface area contributed by atoms with E-state index < -0.39 is 49.5 Å². The molecule has 0 aromatic heterocycles. The lowest BCUT2D eigenvalue weighted by Gasteiger charge is -2.49. The molecule has 2 N–H and O–H groups in total. The van der Waals surface area contributed by atoms with Gasteiger partial charge in [0.25, 0.3) is 0 Å². The van der Waals surface area contributed by atoms with Crippen molar-refractivity contribution in [2.24, 2.45) is 0 Å². The van der Waals surface area contributed by atoms with E-state index in [9.17, 15) is 14.7 Å². The van der Waals surface area contributed by atoms with Crippen LogP contribution in [0, 0.1) is 6.92 Å². The third-order valence-corrected chi connectivity index (χ3v) is 5.42. The van der Waals surface area contributed by atoms with Gasteiger partial charge in [0.15, 0.2) is 6.29 Å². The molecule has 6 atom stereocenters. The summed E-state index contributed by atoms with van der Waals surface area (Å²) in [6.45, 7) is 2.90. The number of hydrogen-bond acceptors (Lipinski definition) is 7. The largest absolute Gasteiger partial charge is 0.480 e. The first kappa shape index (κ1) is 23.2. The molecule has 0 bridgehead atoms. The maximum atomic E-state index is 12.0. The predicted octanol–water partition coefficient (Wildman–Crippen LogP) is 2.19. The lowest BCUT2D eigenvalue weighted by Crippen LogP contribution is -2.68. The number of rotatable bonds is 7. The molecule has 176 valence electrons. The molecular weight excluding hydrogens is 430 g/mol. The molecule has 2 heterocycles. The lowest BCUT2D eigenvalue weighted by atomic mass is 9.95. The lowest BCUT2D eigenvalue weighted by molar-refractivity contribution is -0.337. The van der Waals surface area contributed by atoms with Crippen molar-refractivity contribution in [3.63, 3.8) is 0 Å². The van der Waals surface area contributed by atoms with Crippen LogP contribution >= 0.6 is 0 Å². The molecule has 33 heavy (non-hydrogen) atoms. The summed E-state index contributed by atoms with van der Waals surface area (Å²) in [4.78, 5) is 23.3. The number of amides is 1. The van der Waals surface area contributed by atoms with Crippen LogP contribution in [0.4, 0.5) is 0 Å². The number of nitrogens with one attached hydrogen (secondary N) is 1. The Morgan fingerprint density at radius 3 is 2.61 bits per heavy atom. The average molecular weight is 457 g/mol.